The van der Waals surface area contributed by atoms with E-state index in [1.54, 1.807) is 0 Å². The predicted octanol–water partition coefficient (Wildman–Crippen LogP) is 5.23. The van der Waals surface area contributed by atoms with Gasteiger partial charge in [-0.3, -0.25) is 10.1 Å². The number of halogens is 1. The number of thiazole rings is 1. The van der Waals surface area contributed by atoms with Crippen molar-refractivity contribution < 1.29 is 4.79 Å². The largest absolute Gasteiger partial charge is 0.298 e. The number of carbonyl (C=O) groups is 1. The van der Waals surface area contributed by atoms with Gasteiger partial charge in [0.15, 0.2) is 5.13 Å². The van der Waals surface area contributed by atoms with Crippen LogP contribution in [0.1, 0.15) is 22.2 Å². The smallest absolute Gasteiger partial charge is 0.257 e. The lowest BCUT2D eigenvalue weighted by atomic mass is 10.1. The van der Waals surface area contributed by atoms with E-state index in [0.29, 0.717) is 10.7 Å². The Morgan fingerprint density at radius 2 is 1.96 bits per heavy atom. The van der Waals surface area contributed by atoms with E-state index >= 15 is 0 Å². The van der Waals surface area contributed by atoms with E-state index in [-0.39, 0.29) is 5.91 Å². The third-order valence-electron chi connectivity index (χ3n) is 3.37. The van der Waals surface area contributed by atoms with Gasteiger partial charge >= 0.3 is 0 Å². The van der Waals surface area contributed by atoms with Gasteiger partial charge in [0.25, 0.3) is 5.91 Å². The molecule has 23 heavy (non-hydrogen) atoms. The van der Waals surface area contributed by atoms with Crippen LogP contribution in [0.25, 0.3) is 11.3 Å². The molecule has 0 unspecified atom stereocenters. The van der Waals surface area contributed by atoms with E-state index in [1.807, 2.05) is 54.6 Å². The van der Waals surface area contributed by atoms with E-state index in [1.165, 1.54) is 16.2 Å². The van der Waals surface area contributed by atoms with Crippen LogP contribution >= 0.6 is 33.9 Å². The van der Waals surface area contributed by atoms with Gasteiger partial charge in [-0.2, -0.15) is 0 Å². The number of aromatic nitrogens is 1. The summed E-state index contributed by atoms with van der Waals surface area (Å²) >= 11 is 3.74. The third-order valence-corrected chi connectivity index (χ3v) is 5.16. The van der Waals surface area contributed by atoms with Crippen LogP contribution in [0.2, 0.25) is 0 Å². The van der Waals surface area contributed by atoms with E-state index in [4.69, 9.17) is 0 Å². The molecule has 3 rings (SSSR count). The van der Waals surface area contributed by atoms with E-state index in [9.17, 15) is 4.79 Å². The molecule has 0 saturated heterocycles. The predicted molar refractivity (Wildman–Crippen MR) is 104 cm³/mol. The summed E-state index contributed by atoms with van der Waals surface area (Å²) in [6.07, 6.45) is 0.890. The van der Waals surface area contributed by atoms with Gasteiger partial charge in [-0.1, -0.05) is 43.3 Å². The molecular formula is C18H15IN2OS. The number of nitrogens with one attached hydrogen (secondary N) is 1. The summed E-state index contributed by atoms with van der Waals surface area (Å²) in [5.41, 5.74) is 2.68. The summed E-state index contributed by atoms with van der Waals surface area (Å²) in [5, 5.41) is 3.56. The van der Waals surface area contributed by atoms with Crippen molar-refractivity contribution in [3.05, 3.63) is 68.6 Å². The zero-order valence-electron chi connectivity index (χ0n) is 12.5. The molecule has 1 N–H and O–H groups in total. The zero-order valence-corrected chi connectivity index (χ0v) is 15.5. The topological polar surface area (TPSA) is 42.0 Å². The van der Waals surface area contributed by atoms with Crippen LogP contribution in [0, 0.1) is 3.57 Å². The van der Waals surface area contributed by atoms with Crippen molar-refractivity contribution >= 4 is 45.0 Å². The first-order valence-electron chi connectivity index (χ1n) is 7.29. The van der Waals surface area contributed by atoms with Crippen LogP contribution in [0.4, 0.5) is 5.13 Å². The average molecular weight is 434 g/mol. The molecule has 0 aliphatic rings. The van der Waals surface area contributed by atoms with E-state index in [0.717, 1.165) is 21.2 Å². The summed E-state index contributed by atoms with van der Waals surface area (Å²) in [7, 11) is 0. The first-order valence-corrected chi connectivity index (χ1v) is 9.19. The molecule has 3 aromatic rings. The maximum Gasteiger partial charge on any atom is 0.257 e. The number of hydrogen-bond acceptors (Lipinski definition) is 3. The number of benzene rings is 2. The van der Waals surface area contributed by atoms with Crippen molar-refractivity contribution in [1.82, 2.24) is 4.98 Å². The molecule has 1 aromatic heterocycles. The number of hydrogen-bond donors (Lipinski definition) is 1. The van der Waals surface area contributed by atoms with E-state index in [2.05, 4.69) is 39.8 Å². The van der Waals surface area contributed by atoms with Gasteiger partial charge in [-0.25, -0.2) is 4.98 Å². The quantitative estimate of drug-likeness (QED) is 0.572. The number of anilines is 1. The minimum atomic E-state index is -0.125. The first-order chi connectivity index (χ1) is 11.2. The van der Waals surface area contributed by atoms with Gasteiger partial charge in [0.05, 0.1) is 5.69 Å². The fourth-order valence-corrected chi connectivity index (χ4v) is 3.73. The number of rotatable bonds is 4. The molecule has 3 nitrogen and oxygen atoms in total. The number of carbonyl (C=O) groups excluding carboxylic acids is 1. The number of nitrogens with zero attached hydrogens (tertiary/aromatic N) is 1. The van der Waals surface area contributed by atoms with Gasteiger partial charge in [-0.05, 0) is 47.2 Å². The summed E-state index contributed by atoms with van der Waals surface area (Å²) in [6.45, 7) is 2.10. The molecule has 0 radical (unpaired) electrons. The van der Waals surface area contributed by atoms with Crippen molar-refractivity contribution in [3.8, 4) is 11.3 Å². The van der Waals surface area contributed by atoms with Crippen LogP contribution in [0.15, 0.2) is 54.6 Å². The highest BCUT2D eigenvalue weighted by Crippen LogP contribution is 2.31. The fourth-order valence-electron chi connectivity index (χ4n) is 2.27. The standard InChI is InChI=1S/C18H15IN2OS/c1-2-15-16(12-7-4-3-5-8-12)20-18(23-15)21-17(22)13-9-6-10-14(19)11-13/h3-11H,2H2,1H3,(H,20,21,22). The molecule has 116 valence electrons. The average Bonchev–Trinajstić information content (AvgIpc) is 2.98. The lowest BCUT2D eigenvalue weighted by Gasteiger charge is -2.02. The highest BCUT2D eigenvalue weighted by Gasteiger charge is 2.14. The van der Waals surface area contributed by atoms with Crippen LogP contribution in [-0.2, 0) is 6.42 Å². The lowest BCUT2D eigenvalue weighted by molar-refractivity contribution is 0.102. The van der Waals surface area contributed by atoms with Crippen molar-refractivity contribution in [1.29, 1.82) is 0 Å². The van der Waals surface area contributed by atoms with Gasteiger partial charge in [-0.15, -0.1) is 11.3 Å². The Morgan fingerprint density at radius 1 is 1.17 bits per heavy atom. The molecule has 0 aliphatic heterocycles. The second kappa shape index (κ2) is 7.23. The van der Waals surface area contributed by atoms with Crippen molar-refractivity contribution in [2.24, 2.45) is 0 Å². The molecule has 5 heteroatoms. The molecule has 0 fully saturated rings. The minimum absolute atomic E-state index is 0.125. The Kier molecular flexibility index (Phi) is 5.07. The molecule has 2 aromatic carbocycles. The van der Waals surface area contributed by atoms with Gasteiger partial charge in [0.1, 0.15) is 0 Å². The van der Waals surface area contributed by atoms with Crippen LogP contribution in [-0.4, -0.2) is 10.9 Å². The fraction of sp³-hybridized carbons (Fsp3) is 0.111. The van der Waals surface area contributed by atoms with E-state index < -0.39 is 0 Å². The van der Waals surface area contributed by atoms with Crippen LogP contribution < -0.4 is 5.32 Å². The molecule has 0 atom stereocenters. The second-order valence-electron chi connectivity index (χ2n) is 4.97. The Hall–Kier alpha value is -1.73. The SMILES string of the molecule is CCc1sc(NC(=O)c2cccc(I)c2)nc1-c1ccccc1. The minimum Gasteiger partial charge on any atom is -0.298 e. The summed E-state index contributed by atoms with van der Waals surface area (Å²) in [5.74, 6) is -0.125. The molecule has 1 heterocycles. The van der Waals surface area contributed by atoms with Crippen molar-refractivity contribution in [2.45, 2.75) is 13.3 Å². The van der Waals surface area contributed by atoms with Gasteiger partial charge in [0, 0.05) is 19.6 Å². The normalized spacial score (nSPS) is 10.5. The van der Waals surface area contributed by atoms with Gasteiger partial charge in [0.2, 0.25) is 0 Å². The molecule has 0 bridgehead atoms. The molecule has 1 amide bonds. The van der Waals surface area contributed by atoms with Crippen molar-refractivity contribution in [3.63, 3.8) is 0 Å². The van der Waals surface area contributed by atoms with Gasteiger partial charge < -0.3 is 0 Å². The summed E-state index contributed by atoms with van der Waals surface area (Å²) < 4.78 is 1.04. The first kappa shape index (κ1) is 16.1. The Labute approximate surface area is 152 Å². The third kappa shape index (κ3) is 3.79. The maximum absolute atomic E-state index is 12.4. The van der Waals surface area contributed by atoms with Crippen molar-refractivity contribution in [2.75, 3.05) is 5.32 Å². The highest BCUT2D eigenvalue weighted by molar-refractivity contribution is 14.1. The molecule has 0 spiro atoms. The van der Waals surface area contributed by atoms with Crippen LogP contribution in [0.3, 0.4) is 0 Å². The monoisotopic (exact) mass is 434 g/mol. The summed E-state index contributed by atoms with van der Waals surface area (Å²) in [6, 6.07) is 17.6. The Bertz CT molecular complexity index is 830. The number of aryl methyl sites for hydroxylation is 1. The molecular weight excluding hydrogens is 419 g/mol. The Balaban J connectivity index is 1.87. The highest BCUT2D eigenvalue weighted by atomic mass is 127. The molecule has 0 saturated carbocycles. The van der Waals surface area contributed by atoms with Crippen LogP contribution in [0.5, 0.6) is 0 Å². The Morgan fingerprint density at radius 3 is 2.65 bits per heavy atom. The summed E-state index contributed by atoms with van der Waals surface area (Å²) in [4.78, 5) is 18.2. The maximum atomic E-state index is 12.4. The second-order valence-corrected chi connectivity index (χ2v) is 7.30. The lowest BCUT2D eigenvalue weighted by Crippen LogP contribution is -2.11. The molecule has 0 aliphatic carbocycles. The number of amides is 1. The zero-order chi connectivity index (χ0) is 16.2.